The van der Waals surface area contributed by atoms with E-state index in [1.54, 1.807) is 16.7 Å². The number of ether oxygens (including phenoxy) is 1. The number of aromatic nitrogens is 3. The number of benzene rings is 2. The van der Waals surface area contributed by atoms with Crippen LogP contribution in [0.15, 0.2) is 64.0 Å². The number of aryl methyl sites for hydroxylation is 2. The van der Waals surface area contributed by atoms with Crippen molar-refractivity contribution in [1.82, 2.24) is 14.5 Å². The third kappa shape index (κ3) is 5.34. The summed E-state index contributed by atoms with van der Waals surface area (Å²) in [6, 6.07) is 13.3. The molecular formula is C25H24FN3O4. The maximum absolute atomic E-state index is 13.1. The van der Waals surface area contributed by atoms with Crippen LogP contribution < -0.4 is 5.56 Å². The number of rotatable bonds is 9. The molecule has 0 radical (unpaired) electrons. The molecule has 4 rings (SSSR count). The van der Waals surface area contributed by atoms with E-state index in [4.69, 9.17) is 9.15 Å². The molecule has 0 bridgehead atoms. The summed E-state index contributed by atoms with van der Waals surface area (Å²) in [5.74, 6) is -0.498. The number of carbonyl (C=O) groups is 1. The zero-order valence-electron chi connectivity index (χ0n) is 18.3. The second-order valence-corrected chi connectivity index (χ2v) is 7.67. The van der Waals surface area contributed by atoms with Crippen molar-refractivity contribution in [3.63, 3.8) is 0 Å². The maximum Gasteiger partial charge on any atom is 0.306 e. The topological polar surface area (TPSA) is 87.2 Å². The van der Waals surface area contributed by atoms with Gasteiger partial charge >= 0.3 is 5.97 Å². The van der Waals surface area contributed by atoms with E-state index in [0.29, 0.717) is 29.4 Å². The first-order valence-corrected chi connectivity index (χ1v) is 10.9. The van der Waals surface area contributed by atoms with Crippen LogP contribution in [0.5, 0.6) is 0 Å². The maximum atomic E-state index is 13.1. The number of carbonyl (C=O) groups excluding carboxylic acids is 1. The molecule has 0 aliphatic carbocycles. The minimum atomic E-state index is -0.462. The molecule has 33 heavy (non-hydrogen) atoms. The summed E-state index contributed by atoms with van der Waals surface area (Å²) in [5.41, 5.74) is 2.76. The Kier molecular flexibility index (Phi) is 6.92. The molecule has 0 amide bonds. The van der Waals surface area contributed by atoms with E-state index in [1.807, 2.05) is 24.3 Å². The fourth-order valence-electron chi connectivity index (χ4n) is 3.49. The normalized spacial score (nSPS) is 11.1. The molecule has 0 fully saturated rings. The Morgan fingerprint density at radius 2 is 1.91 bits per heavy atom. The number of esters is 1. The van der Waals surface area contributed by atoms with Gasteiger partial charge in [-0.2, -0.15) is 0 Å². The van der Waals surface area contributed by atoms with E-state index in [2.05, 4.69) is 16.9 Å². The minimum absolute atomic E-state index is 0.0248. The Balaban J connectivity index is 1.38. The Bertz CT molecular complexity index is 1310. The van der Waals surface area contributed by atoms with Crippen LogP contribution in [0.3, 0.4) is 0 Å². The van der Waals surface area contributed by atoms with Gasteiger partial charge in [0.25, 0.3) is 5.56 Å². The van der Waals surface area contributed by atoms with Crippen LogP contribution in [0.4, 0.5) is 4.39 Å². The van der Waals surface area contributed by atoms with Gasteiger partial charge < -0.3 is 13.7 Å². The zero-order valence-corrected chi connectivity index (χ0v) is 18.3. The average Bonchev–Trinajstić information content (AvgIpc) is 3.30. The largest absolute Gasteiger partial charge is 0.459 e. The molecule has 4 aromatic rings. The van der Waals surface area contributed by atoms with E-state index < -0.39 is 5.97 Å². The molecule has 0 saturated heterocycles. The van der Waals surface area contributed by atoms with E-state index >= 15 is 0 Å². The lowest BCUT2D eigenvalue weighted by atomic mass is 10.2. The van der Waals surface area contributed by atoms with Gasteiger partial charge in [-0.15, -0.1) is 0 Å². The van der Waals surface area contributed by atoms with Gasteiger partial charge in [0.15, 0.2) is 0 Å². The number of para-hydroxylation sites is 2. The van der Waals surface area contributed by atoms with Crippen LogP contribution in [0, 0.1) is 5.82 Å². The Morgan fingerprint density at radius 1 is 1.12 bits per heavy atom. The molecule has 0 saturated carbocycles. The molecule has 0 spiro atoms. The van der Waals surface area contributed by atoms with Crippen molar-refractivity contribution in [3.05, 3.63) is 82.4 Å². The third-order valence-electron chi connectivity index (χ3n) is 5.25. The van der Waals surface area contributed by atoms with Crippen molar-refractivity contribution in [2.45, 2.75) is 45.8 Å². The highest BCUT2D eigenvalue weighted by atomic mass is 19.1. The average molecular weight is 449 g/mol. The van der Waals surface area contributed by atoms with Crippen LogP contribution >= 0.6 is 0 Å². The van der Waals surface area contributed by atoms with Crippen LogP contribution in [-0.2, 0) is 29.1 Å². The summed E-state index contributed by atoms with van der Waals surface area (Å²) in [6.07, 6.45) is 3.46. The Morgan fingerprint density at radius 3 is 2.70 bits per heavy atom. The molecule has 0 atom stereocenters. The SMILES string of the molecule is CCCCn1c(=O)c(CCC(=O)OCc2coc(-c3ccc(F)cc3)n2)nc2ccccc21. The molecule has 8 heteroatoms. The predicted molar refractivity (Wildman–Crippen MR) is 121 cm³/mol. The smallest absolute Gasteiger partial charge is 0.306 e. The van der Waals surface area contributed by atoms with Crippen LogP contribution in [-0.4, -0.2) is 20.5 Å². The number of halogens is 1. The summed E-state index contributed by atoms with van der Waals surface area (Å²) in [5, 5.41) is 0. The first-order valence-electron chi connectivity index (χ1n) is 10.9. The van der Waals surface area contributed by atoms with Crippen LogP contribution in [0.2, 0.25) is 0 Å². The van der Waals surface area contributed by atoms with Crippen molar-refractivity contribution in [2.24, 2.45) is 0 Å². The number of oxazole rings is 1. The Hall–Kier alpha value is -3.81. The molecule has 170 valence electrons. The van der Waals surface area contributed by atoms with Gasteiger partial charge in [0, 0.05) is 18.5 Å². The van der Waals surface area contributed by atoms with Gasteiger partial charge in [-0.25, -0.2) is 14.4 Å². The van der Waals surface area contributed by atoms with Crippen molar-refractivity contribution in [3.8, 4) is 11.5 Å². The van der Waals surface area contributed by atoms with Crippen molar-refractivity contribution in [1.29, 1.82) is 0 Å². The van der Waals surface area contributed by atoms with Gasteiger partial charge in [0.05, 0.1) is 17.5 Å². The van der Waals surface area contributed by atoms with Crippen molar-refractivity contribution in [2.75, 3.05) is 0 Å². The lowest BCUT2D eigenvalue weighted by molar-refractivity contribution is -0.145. The van der Waals surface area contributed by atoms with Crippen molar-refractivity contribution < 1.29 is 18.3 Å². The van der Waals surface area contributed by atoms with E-state index in [1.165, 1.54) is 18.4 Å². The molecule has 2 heterocycles. The number of hydrogen-bond donors (Lipinski definition) is 0. The second-order valence-electron chi connectivity index (χ2n) is 7.67. The summed E-state index contributed by atoms with van der Waals surface area (Å²) in [4.78, 5) is 34.0. The molecule has 0 aliphatic rings. The molecule has 0 N–H and O–H groups in total. The quantitative estimate of drug-likeness (QED) is 0.345. The van der Waals surface area contributed by atoms with E-state index in [9.17, 15) is 14.0 Å². The molecule has 2 aromatic heterocycles. The summed E-state index contributed by atoms with van der Waals surface area (Å²) in [6.45, 7) is 2.62. The summed E-state index contributed by atoms with van der Waals surface area (Å²) in [7, 11) is 0. The number of nitrogens with zero attached hydrogens (tertiary/aromatic N) is 3. The molecule has 0 unspecified atom stereocenters. The lowest BCUT2D eigenvalue weighted by Crippen LogP contribution is -2.26. The Labute approximate surface area is 189 Å². The zero-order chi connectivity index (χ0) is 23.2. The highest BCUT2D eigenvalue weighted by Gasteiger charge is 2.14. The fraction of sp³-hybridized carbons (Fsp3) is 0.280. The number of unbranched alkanes of at least 4 members (excludes halogenated alkanes) is 1. The van der Waals surface area contributed by atoms with Gasteiger partial charge in [0.1, 0.15) is 30.1 Å². The monoisotopic (exact) mass is 449 g/mol. The first-order chi connectivity index (χ1) is 16.0. The van der Waals surface area contributed by atoms with Gasteiger partial charge in [-0.05, 0) is 42.8 Å². The third-order valence-corrected chi connectivity index (χ3v) is 5.25. The highest BCUT2D eigenvalue weighted by molar-refractivity contribution is 5.75. The van der Waals surface area contributed by atoms with Crippen molar-refractivity contribution >= 4 is 17.0 Å². The highest BCUT2D eigenvalue weighted by Crippen LogP contribution is 2.19. The standard InChI is InChI=1S/C25H24FN3O4/c1-2-3-14-29-22-7-5-4-6-20(22)28-21(25(29)31)12-13-23(30)32-15-19-16-33-24(27-19)17-8-10-18(26)11-9-17/h4-11,16H,2-3,12-15H2,1H3. The predicted octanol–water partition coefficient (Wildman–Crippen LogP) is 4.67. The fourth-order valence-corrected chi connectivity index (χ4v) is 3.49. The number of fused-ring (bicyclic) bond motifs is 1. The first kappa shape index (κ1) is 22.4. The number of hydrogen-bond acceptors (Lipinski definition) is 6. The second kappa shape index (κ2) is 10.2. The van der Waals surface area contributed by atoms with Crippen LogP contribution in [0.25, 0.3) is 22.5 Å². The van der Waals surface area contributed by atoms with Crippen LogP contribution in [0.1, 0.15) is 37.6 Å². The van der Waals surface area contributed by atoms with Gasteiger partial charge in [-0.3, -0.25) is 9.59 Å². The molecular weight excluding hydrogens is 425 g/mol. The molecule has 7 nitrogen and oxygen atoms in total. The van der Waals surface area contributed by atoms with E-state index in [-0.39, 0.29) is 30.8 Å². The molecule has 2 aromatic carbocycles. The lowest BCUT2D eigenvalue weighted by Gasteiger charge is -2.11. The summed E-state index contributed by atoms with van der Waals surface area (Å²) < 4.78 is 25.5. The molecule has 0 aliphatic heterocycles. The summed E-state index contributed by atoms with van der Waals surface area (Å²) >= 11 is 0. The van der Waals surface area contributed by atoms with Gasteiger partial charge in [0.2, 0.25) is 5.89 Å². The van der Waals surface area contributed by atoms with Gasteiger partial charge in [-0.1, -0.05) is 25.5 Å². The minimum Gasteiger partial charge on any atom is -0.459 e. The van der Waals surface area contributed by atoms with E-state index in [0.717, 1.165) is 23.9 Å².